The van der Waals surface area contributed by atoms with Gasteiger partial charge in [-0.3, -0.25) is 4.68 Å². The van der Waals surface area contributed by atoms with Crippen molar-refractivity contribution in [1.29, 1.82) is 0 Å². The van der Waals surface area contributed by atoms with E-state index < -0.39 is 0 Å². The van der Waals surface area contributed by atoms with Crippen LogP contribution >= 0.6 is 0 Å². The topological polar surface area (TPSA) is 56.7 Å². The van der Waals surface area contributed by atoms with E-state index in [0.29, 0.717) is 0 Å². The molecular weight excluding hydrogens is 200 g/mol. The van der Waals surface area contributed by atoms with E-state index in [1.54, 1.807) is 4.68 Å². The van der Waals surface area contributed by atoms with Gasteiger partial charge in [-0.25, -0.2) is 0 Å². The van der Waals surface area contributed by atoms with E-state index in [2.05, 4.69) is 24.2 Å². The fourth-order valence-electron chi connectivity index (χ4n) is 3.31. The molecule has 0 amide bonds. The predicted octanol–water partition coefficient (Wildman–Crippen LogP) is 1.51. The zero-order valence-electron chi connectivity index (χ0n) is 10.5. The van der Waals surface area contributed by atoms with Crippen molar-refractivity contribution in [2.45, 2.75) is 45.1 Å². The van der Waals surface area contributed by atoms with Crippen LogP contribution in [0.15, 0.2) is 6.20 Å². The molecular formula is C12H22N4. The zero-order chi connectivity index (χ0) is 11.8. The van der Waals surface area contributed by atoms with Gasteiger partial charge in [-0.05, 0) is 31.1 Å². The van der Waals surface area contributed by atoms with Crippen LogP contribution in [0.4, 0.5) is 0 Å². The van der Waals surface area contributed by atoms with Gasteiger partial charge in [0.15, 0.2) is 0 Å². The van der Waals surface area contributed by atoms with Crippen LogP contribution in [0, 0.1) is 11.8 Å². The quantitative estimate of drug-likeness (QED) is 0.825. The minimum Gasteiger partial charge on any atom is -0.325 e. The molecule has 16 heavy (non-hydrogen) atoms. The summed E-state index contributed by atoms with van der Waals surface area (Å²) in [6.07, 6.45) is 6.34. The summed E-state index contributed by atoms with van der Waals surface area (Å²) < 4.78 is 1.74. The lowest BCUT2D eigenvalue weighted by atomic mass is 9.70. The van der Waals surface area contributed by atoms with Gasteiger partial charge >= 0.3 is 0 Å². The number of nitrogens with zero attached hydrogens (tertiary/aromatic N) is 3. The Balaban J connectivity index is 2.07. The lowest BCUT2D eigenvalue weighted by Crippen LogP contribution is -2.48. The molecule has 1 aliphatic rings. The van der Waals surface area contributed by atoms with Gasteiger partial charge in [0, 0.05) is 25.2 Å². The summed E-state index contributed by atoms with van der Waals surface area (Å²) in [5.41, 5.74) is 7.45. The number of hydrogen-bond acceptors (Lipinski definition) is 3. The summed E-state index contributed by atoms with van der Waals surface area (Å²) in [4.78, 5) is 0. The molecule has 1 aromatic rings. The molecule has 1 fully saturated rings. The fraction of sp³-hybridized carbons (Fsp3) is 0.833. The predicted molar refractivity (Wildman–Crippen MR) is 63.8 cm³/mol. The third kappa shape index (κ3) is 2.61. The molecule has 0 aliphatic heterocycles. The van der Waals surface area contributed by atoms with Gasteiger partial charge in [0.25, 0.3) is 0 Å². The van der Waals surface area contributed by atoms with Crippen LogP contribution in [0.25, 0.3) is 0 Å². The summed E-state index contributed by atoms with van der Waals surface area (Å²) in [5.74, 6) is 1.45. The summed E-state index contributed by atoms with van der Waals surface area (Å²) in [5, 5.41) is 8.10. The van der Waals surface area contributed by atoms with Gasteiger partial charge in [0.05, 0.1) is 5.69 Å². The summed E-state index contributed by atoms with van der Waals surface area (Å²) in [6, 6.07) is 0. The number of aromatic nitrogens is 3. The Labute approximate surface area is 97.2 Å². The second-order valence-electron chi connectivity index (χ2n) is 5.78. The minimum absolute atomic E-state index is 0.0763. The first-order chi connectivity index (χ1) is 7.47. The normalized spacial score (nSPS) is 35.2. The van der Waals surface area contributed by atoms with Crippen molar-refractivity contribution in [1.82, 2.24) is 15.0 Å². The van der Waals surface area contributed by atoms with E-state index in [-0.39, 0.29) is 5.54 Å². The molecule has 1 heterocycles. The van der Waals surface area contributed by atoms with Gasteiger partial charge in [-0.2, -0.15) is 0 Å². The molecule has 2 N–H and O–H groups in total. The number of nitrogens with two attached hydrogens (primary N) is 1. The number of hydrogen-bond donors (Lipinski definition) is 1. The lowest BCUT2D eigenvalue weighted by Gasteiger charge is -2.39. The third-order valence-corrected chi connectivity index (χ3v) is 3.50. The van der Waals surface area contributed by atoms with Gasteiger partial charge < -0.3 is 5.73 Å². The van der Waals surface area contributed by atoms with Crippen molar-refractivity contribution in [3.63, 3.8) is 0 Å². The van der Waals surface area contributed by atoms with E-state index in [1.807, 2.05) is 13.2 Å². The third-order valence-electron chi connectivity index (χ3n) is 3.50. The van der Waals surface area contributed by atoms with Crippen LogP contribution in [0.5, 0.6) is 0 Å². The average Bonchev–Trinajstić information content (AvgIpc) is 2.47. The molecule has 1 aromatic heterocycles. The molecule has 2 rings (SSSR count). The molecule has 4 heteroatoms. The molecule has 1 saturated carbocycles. The highest BCUT2D eigenvalue weighted by Gasteiger charge is 2.35. The molecule has 0 aromatic carbocycles. The number of aryl methyl sites for hydroxylation is 1. The maximum atomic E-state index is 6.50. The van der Waals surface area contributed by atoms with Crippen molar-refractivity contribution in [2.75, 3.05) is 0 Å². The van der Waals surface area contributed by atoms with E-state index in [0.717, 1.165) is 36.8 Å². The van der Waals surface area contributed by atoms with Crippen LogP contribution in [-0.2, 0) is 13.5 Å². The fourth-order valence-corrected chi connectivity index (χ4v) is 3.31. The smallest absolute Gasteiger partial charge is 0.0845 e. The van der Waals surface area contributed by atoms with Crippen LogP contribution in [-0.4, -0.2) is 20.5 Å². The first-order valence-electron chi connectivity index (χ1n) is 6.11. The Kier molecular flexibility index (Phi) is 3.02. The van der Waals surface area contributed by atoms with Crippen molar-refractivity contribution in [3.8, 4) is 0 Å². The van der Waals surface area contributed by atoms with E-state index in [4.69, 9.17) is 5.73 Å². The molecule has 4 nitrogen and oxygen atoms in total. The van der Waals surface area contributed by atoms with E-state index >= 15 is 0 Å². The van der Waals surface area contributed by atoms with E-state index in [9.17, 15) is 0 Å². The second kappa shape index (κ2) is 4.17. The Morgan fingerprint density at radius 1 is 1.44 bits per heavy atom. The first kappa shape index (κ1) is 11.6. The molecule has 90 valence electrons. The van der Waals surface area contributed by atoms with Crippen molar-refractivity contribution in [2.24, 2.45) is 24.6 Å². The summed E-state index contributed by atoms with van der Waals surface area (Å²) in [6.45, 7) is 4.60. The summed E-state index contributed by atoms with van der Waals surface area (Å²) in [7, 11) is 1.89. The van der Waals surface area contributed by atoms with Crippen LogP contribution in [0.2, 0.25) is 0 Å². The first-order valence-corrected chi connectivity index (χ1v) is 6.11. The van der Waals surface area contributed by atoms with Gasteiger partial charge in [0.1, 0.15) is 0 Å². The Morgan fingerprint density at radius 3 is 2.56 bits per heavy atom. The summed E-state index contributed by atoms with van der Waals surface area (Å²) >= 11 is 0. The number of rotatable bonds is 2. The standard InChI is InChI=1S/C12H22N4/c1-9-4-10(2)6-12(13,5-9)7-11-8-16(3)15-14-11/h8-10H,4-7,13H2,1-3H3. The van der Waals surface area contributed by atoms with Crippen LogP contribution < -0.4 is 5.73 Å². The van der Waals surface area contributed by atoms with Crippen molar-refractivity contribution < 1.29 is 0 Å². The SMILES string of the molecule is CC1CC(C)CC(N)(Cc2cn(C)nn2)C1. The van der Waals surface area contributed by atoms with Gasteiger partial charge in [-0.15, -0.1) is 5.10 Å². The average molecular weight is 222 g/mol. The zero-order valence-corrected chi connectivity index (χ0v) is 10.5. The molecule has 2 unspecified atom stereocenters. The Bertz CT molecular complexity index is 348. The molecule has 0 spiro atoms. The van der Waals surface area contributed by atoms with Gasteiger partial charge in [-0.1, -0.05) is 19.1 Å². The highest BCUT2D eigenvalue weighted by molar-refractivity contribution is 5.04. The highest BCUT2D eigenvalue weighted by atomic mass is 15.4. The Hall–Kier alpha value is -0.900. The largest absolute Gasteiger partial charge is 0.325 e. The van der Waals surface area contributed by atoms with Crippen LogP contribution in [0.1, 0.15) is 38.8 Å². The lowest BCUT2D eigenvalue weighted by molar-refractivity contribution is 0.181. The molecule has 0 bridgehead atoms. The van der Waals surface area contributed by atoms with Crippen molar-refractivity contribution >= 4 is 0 Å². The molecule has 0 saturated heterocycles. The molecule has 2 atom stereocenters. The highest BCUT2D eigenvalue weighted by Crippen LogP contribution is 2.35. The maximum absolute atomic E-state index is 6.50. The molecule has 0 radical (unpaired) electrons. The monoisotopic (exact) mass is 222 g/mol. The van der Waals surface area contributed by atoms with E-state index in [1.165, 1.54) is 6.42 Å². The Morgan fingerprint density at radius 2 is 2.06 bits per heavy atom. The van der Waals surface area contributed by atoms with Gasteiger partial charge in [0.2, 0.25) is 0 Å². The maximum Gasteiger partial charge on any atom is 0.0845 e. The van der Waals surface area contributed by atoms with Crippen molar-refractivity contribution in [3.05, 3.63) is 11.9 Å². The minimum atomic E-state index is -0.0763. The second-order valence-corrected chi connectivity index (χ2v) is 5.78. The van der Waals surface area contributed by atoms with Crippen LogP contribution in [0.3, 0.4) is 0 Å². The molecule has 1 aliphatic carbocycles.